The van der Waals surface area contributed by atoms with Gasteiger partial charge in [0.15, 0.2) is 0 Å². The third-order valence-electron chi connectivity index (χ3n) is 6.84. The molecule has 2 aliphatic rings. The lowest BCUT2D eigenvalue weighted by Crippen LogP contribution is -2.41. The smallest absolute Gasteiger partial charge is 0.338 e. The van der Waals surface area contributed by atoms with E-state index in [0.717, 1.165) is 55.0 Å². The number of ether oxygens (including phenoxy) is 2. The van der Waals surface area contributed by atoms with Crippen molar-refractivity contribution in [1.29, 1.82) is 0 Å². The summed E-state index contributed by atoms with van der Waals surface area (Å²) in [6.07, 6.45) is 3.35. The standard InChI is InChI=1S/C26H35N3O4/c1-5-20-22-21(14-26(15-27-23(22)30)9-11-32-12-10-26)29(28-20)16-25(3,4)17-33-24(31)19-8-6-7-18(2)13-19/h6-8,13H,5,9-12,14-17H2,1-4H3,(H,27,30). The summed E-state index contributed by atoms with van der Waals surface area (Å²) >= 11 is 0. The molecule has 1 aromatic carbocycles. The molecule has 2 aromatic rings. The summed E-state index contributed by atoms with van der Waals surface area (Å²) in [5.74, 6) is -0.346. The number of aromatic nitrogens is 2. The predicted molar refractivity (Wildman–Crippen MR) is 125 cm³/mol. The van der Waals surface area contributed by atoms with Gasteiger partial charge in [0.05, 0.1) is 29.1 Å². The van der Waals surface area contributed by atoms with E-state index in [9.17, 15) is 9.59 Å². The number of fused-ring (bicyclic) bond motifs is 1. The van der Waals surface area contributed by atoms with Gasteiger partial charge in [0.25, 0.3) is 5.91 Å². The molecular weight excluding hydrogens is 418 g/mol. The molecule has 4 rings (SSSR count). The van der Waals surface area contributed by atoms with E-state index < -0.39 is 0 Å². The maximum Gasteiger partial charge on any atom is 0.338 e. The number of carbonyl (C=O) groups excluding carboxylic acids is 2. The Labute approximate surface area is 195 Å². The van der Waals surface area contributed by atoms with Crippen molar-refractivity contribution < 1.29 is 19.1 Å². The van der Waals surface area contributed by atoms with Crippen molar-refractivity contribution in [1.82, 2.24) is 15.1 Å². The van der Waals surface area contributed by atoms with E-state index in [-0.39, 0.29) is 29.3 Å². The molecule has 0 radical (unpaired) electrons. The van der Waals surface area contributed by atoms with Crippen LogP contribution < -0.4 is 5.32 Å². The molecule has 1 amide bonds. The second-order valence-electron chi connectivity index (χ2n) is 10.4. The van der Waals surface area contributed by atoms with Gasteiger partial charge in [0, 0.05) is 31.7 Å². The first-order valence-corrected chi connectivity index (χ1v) is 11.9. The monoisotopic (exact) mass is 453 g/mol. The van der Waals surface area contributed by atoms with E-state index in [0.29, 0.717) is 25.1 Å². The van der Waals surface area contributed by atoms with Crippen molar-refractivity contribution >= 4 is 11.9 Å². The summed E-state index contributed by atoms with van der Waals surface area (Å²) in [7, 11) is 0. The van der Waals surface area contributed by atoms with E-state index in [1.165, 1.54) is 0 Å². The third kappa shape index (κ3) is 5.13. The fraction of sp³-hybridized carbons (Fsp3) is 0.577. The van der Waals surface area contributed by atoms with Gasteiger partial charge in [0.2, 0.25) is 0 Å². The summed E-state index contributed by atoms with van der Waals surface area (Å²) in [6.45, 7) is 11.1. The molecule has 178 valence electrons. The Morgan fingerprint density at radius 2 is 2.06 bits per heavy atom. The Hall–Kier alpha value is -2.67. The lowest BCUT2D eigenvalue weighted by Gasteiger charge is -2.36. The average Bonchev–Trinajstić information content (AvgIpc) is 3.05. The summed E-state index contributed by atoms with van der Waals surface area (Å²) in [5.41, 5.74) is 3.80. The lowest BCUT2D eigenvalue weighted by molar-refractivity contribution is 0.0145. The number of nitrogens with one attached hydrogen (secondary N) is 1. The van der Waals surface area contributed by atoms with Crippen molar-refractivity contribution in [3.63, 3.8) is 0 Å². The molecule has 2 aliphatic heterocycles. The van der Waals surface area contributed by atoms with Gasteiger partial charge < -0.3 is 14.8 Å². The minimum absolute atomic E-state index is 0.00370. The number of benzene rings is 1. The van der Waals surface area contributed by atoms with Crippen molar-refractivity contribution in [3.05, 3.63) is 52.3 Å². The molecule has 0 bridgehead atoms. The van der Waals surface area contributed by atoms with Crippen molar-refractivity contribution in [2.45, 2.75) is 59.9 Å². The van der Waals surface area contributed by atoms with Gasteiger partial charge in [-0.25, -0.2) is 4.79 Å². The van der Waals surface area contributed by atoms with Crippen LogP contribution in [0.1, 0.15) is 71.3 Å². The first-order valence-electron chi connectivity index (χ1n) is 11.9. The van der Waals surface area contributed by atoms with Crippen LogP contribution in [0, 0.1) is 17.8 Å². The van der Waals surface area contributed by atoms with Crippen LogP contribution in [0.25, 0.3) is 0 Å². The maximum absolute atomic E-state index is 13.0. The molecular formula is C26H35N3O4. The zero-order valence-corrected chi connectivity index (χ0v) is 20.2. The van der Waals surface area contributed by atoms with Gasteiger partial charge in [0.1, 0.15) is 0 Å². The Kier molecular flexibility index (Phi) is 6.61. The van der Waals surface area contributed by atoms with E-state index in [1.54, 1.807) is 6.07 Å². The van der Waals surface area contributed by atoms with Crippen LogP contribution in [0.5, 0.6) is 0 Å². The van der Waals surface area contributed by atoms with Gasteiger partial charge in [-0.05, 0) is 50.2 Å². The van der Waals surface area contributed by atoms with E-state index in [1.807, 2.05) is 36.7 Å². The fourth-order valence-electron chi connectivity index (χ4n) is 4.87. The number of amides is 1. The highest BCUT2D eigenvalue weighted by atomic mass is 16.5. The van der Waals surface area contributed by atoms with Crippen LogP contribution in [0.2, 0.25) is 0 Å². The van der Waals surface area contributed by atoms with Gasteiger partial charge in [-0.3, -0.25) is 9.48 Å². The highest BCUT2D eigenvalue weighted by molar-refractivity contribution is 5.97. The first-order chi connectivity index (χ1) is 15.7. The molecule has 1 aromatic heterocycles. The highest BCUT2D eigenvalue weighted by Gasteiger charge is 2.40. The second kappa shape index (κ2) is 9.29. The summed E-state index contributed by atoms with van der Waals surface area (Å²) in [6, 6.07) is 7.42. The highest BCUT2D eigenvalue weighted by Crippen LogP contribution is 2.38. The Balaban J connectivity index is 1.55. The molecule has 7 nitrogen and oxygen atoms in total. The Morgan fingerprint density at radius 1 is 1.30 bits per heavy atom. The van der Waals surface area contributed by atoms with Crippen LogP contribution in [0.4, 0.5) is 0 Å². The van der Waals surface area contributed by atoms with E-state index in [4.69, 9.17) is 14.6 Å². The Bertz CT molecular complexity index is 1030. The van der Waals surface area contributed by atoms with Crippen LogP contribution >= 0.6 is 0 Å². The molecule has 1 N–H and O–H groups in total. The van der Waals surface area contributed by atoms with Gasteiger partial charge >= 0.3 is 5.97 Å². The van der Waals surface area contributed by atoms with E-state index in [2.05, 4.69) is 19.2 Å². The fourth-order valence-corrected chi connectivity index (χ4v) is 4.87. The van der Waals surface area contributed by atoms with Crippen molar-refractivity contribution in [2.75, 3.05) is 26.4 Å². The van der Waals surface area contributed by atoms with Gasteiger partial charge in [-0.15, -0.1) is 0 Å². The SMILES string of the molecule is CCc1nn(CC(C)(C)COC(=O)c2cccc(C)c2)c2c1C(=O)NCC1(CCOCC1)C2. The van der Waals surface area contributed by atoms with E-state index >= 15 is 0 Å². The summed E-state index contributed by atoms with van der Waals surface area (Å²) in [4.78, 5) is 25.6. The lowest BCUT2D eigenvalue weighted by atomic mass is 9.76. The molecule has 7 heteroatoms. The largest absolute Gasteiger partial charge is 0.461 e. The molecule has 1 spiro atoms. The minimum atomic E-state index is -0.351. The van der Waals surface area contributed by atoms with Gasteiger partial charge in [-0.2, -0.15) is 5.10 Å². The number of esters is 1. The number of aryl methyl sites for hydroxylation is 2. The molecule has 33 heavy (non-hydrogen) atoms. The molecule has 3 heterocycles. The first kappa shape index (κ1) is 23.5. The molecule has 1 fully saturated rings. The third-order valence-corrected chi connectivity index (χ3v) is 6.84. The van der Waals surface area contributed by atoms with Crippen LogP contribution in [0.15, 0.2) is 24.3 Å². The van der Waals surface area contributed by atoms with Gasteiger partial charge in [-0.1, -0.05) is 38.5 Å². The molecule has 1 saturated heterocycles. The van der Waals surface area contributed by atoms with Crippen molar-refractivity contribution in [3.8, 4) is 0 Å². The Morgan fingerprint density at radius 3 is 2.76 bits per heavy atom. The number of hydrogen-bond donors (Lipinski definition) is 1. The zero-order valence-electron chi connectivity index (χ0n) is 20.2. The quantitative estimate of drug-likeness (QED) is 0.674. The predicted octanol–water partition coefficient (Wildman–Crippen LogP) is 3.72. The number of hydrogen-bond acceptors (Lipinski definition) is 5. The number of nitrogens with zero attached hydrogens (tertiary/aromatic N) is 2. The number of carbonyl (C=O) groups is 2. The van der Waals surface area contributed by atoms with Crippen LogP contribution in [-0.2, 0) is 28.9 Å². The summed E-state index contributed by atoms with van der Waals surface area (Å²) < 4.78 is 13.3. The van der Waals surface area contributed by atoms with Crippen LogP contribution in [-0.4, -0.2) is 48.0 Å². The van der Waals surface area contributed by atoms with Crippen LogP contribution in [0.3, 0.4) is 0 Å². The zero-order chi connectivity index (χ0) is 23.6. The summed E-state index contributed by atoms with van der Waals surface area (Å²) in [5, 5.41) is 8.00. The number of rotatable bonds is 6. The average molecular weight is 454 g/mol. The minimum Gasteiger partial charge on any atom is -0.461 e. The molecule has 0 unspecified atom stereocenters. The molecule has 0 saturated carbocycles. The maximum atomic E-state index is 13.0. The molecule has 0 aliphatic carbocycles. The second-order valence-corrected chi connectivity index (χ2v) is 10.4. The van der Waals surface area contributed by atoms with Crippen molar-refractivity contribution in [2.24, 2.45) is 10.8 Å². The normalized spacial score (nSPS) is 17.9. The molecule has 0 atom stereocenters. The topological polar surface area (TPSA) is 82.5 Å².